The summed E-state index contributed by atoms with van der Waals surface area (Å²) in [6.45, 7) is 2.03. The number of benzene rings is 2. The SMILES string of the molecule is COc1cccc(C2C(C#N)=C(N)OC(=N)/C2=C(\N)CSc2ccc(C)cc2)c1OC. The van der Waals surface area contributed by atoms with E-state index in [1.54, 1.807) is 18.2 Å². The van der Waals surface area contributed by atoms with E-state index in [2.05, 4.69) is 6.07 Å². The average Bonchev–Trinajstić information content (AvgIpc) is 2.77. The molecule has 0 aromatic heterocycles. The quantitative estimate of drug-likeness (QED) is 0.588. The summed E-state index contributed by atoms with van der Waals surface area (Å²) in [5.74, 6) is 0.335. The fourth-order valence-electron chi connectivity index (χ4n) is 3.41. The van der Waals surface area contributed by atoms with Crippen molar-refractivity contribution in [3.63, 3.8) is 0 Å². The molecule has 0 saturated carbocycles. The van der Waals surface area contributed by atoms with Crippen LogP contribution in [0.1, 0.15) is 17.0 Å². The van der Waals surface area contributed by atoms with E-state index in [-0.39, 0.29) is 17.4 Å². The summed E-state index contributed by atoms with van der Waals surface area (Å²) in [4.78, 5) is 1.04. The first-order valence-corrected chi connectivity index (χ1v) is 10.4. The molecule has 2 aromatic rings. The highest BCUT2D eigenvalue weighted by molar-refractivity contribution is 7.99. The molecule has 0 bridgehead atoms. The summed E-state index contributed by atoms with van der Waals surface area (Å²) in [5.41, 5.74) is 15.2. The fourth-order valence-corrected chi connectivity index (χ4v) is 4.22. The Kier molecular flexibility index (Phi) is 6.78. The minimum Gasteiger partial charge on any atom is -0.493 e. The molecule has 0 aliphatic carbocycles. The molecule has 0 spiro atoms. The molecule has 160 valence electrons. The van der Waals surface area contributed by atoms with Gasteiger partial charge in [-0.3, -0.25) is 5.41 Å². The van der Waals surface area contributed by atoms with Gasteiger partial charge in [0.25, 0.3) is 0 Å². The number of thioether (sulfide) groups is 1. The van der Waals surface area contributed by atoms with E-state index in [4.69, 9.17) is 31.1 Å². The van der Waals surface area contributed by atoms with E-state index in [0.717, 1.165) is 4.90 Å². The van der Waals surface area contributed by atoms with Crippen LogP contribution >= 0.6 is 11.8 Å². The Morgan fingerprint density at radius 2 is 1.90 bits per heavy atom. The number of methoxy groups -OCH3 is 2. The maximum absolute atomic E-state index is 9.82. The second kappa shape index (κ2) is 9.49. The molecular weight excluding hydrogens is 412 g/mol. The van der Waals surface area contributed by atoms with Gasteiger partial charge in [-0.1, -0.05) is 29.8 Å². The molecule has 1 aliphatic heterocycles. The monoisotopic (exact) mass is 436 g/mol. The van der Waals surface area contributed by atoms with Crippen molar-refractivity contribution in [2.45, 2.75) is 17.7 Å². The number of hydrogen-bond donors (Lipinski definition) is 3. The molecule has 0 amide bonds. The number of nitrogens with one attached hydrogen (secondary N) is 1. The Morgan fingerprint density at radius 3 is 2.52 bits per heavy atom. The van der Waals surface area contributed by atoms with E-state index >= 15 is 0 Å². The average molecular weight is 437 g/mol. The number of nitrogens with zero attached hydrogens (tertiary/aromatic N) is 1. The lowest BCUT2D eigenvalue weighted by molar-refractivity contribution is 0.348. The van der Waals surface area contributed by atoms with Crippen molar-refractivity contribution in [1.82, 2.24) is 0 Å². The van der Waals surface area contributed by atoms with Crippen molar-refractivity contribution in [3.05, 3.63) is 76.3 Å². The predicted molar refractivity (Wildman–Crippen MR) is 121 cm³/mol. The van der Waals surface area contributed by atoms with E-state index in [0.29, 0.717) is 34.1 Å². The second-order valence-electron chi connectivity index (χ2n) is 6.88. The van der Waals surface area contributed by atoms with Crippen LogP contribution in [0.15, 0.2) is 70.1 Å². The molecule has 7 nitrogen and oxygen atoms in total. The Balaban J connectivity index is 2.11. The van der Waals surface area contributed by atoms with Gasteiger partial charge in [-0.25, -0.2) is 0 Å². The first-order valence-electron chi connectivity index (χ1n) is 9.46. The summed E-state index contributed by atoms with van der Waals surface area (Å²) in [6.07, 6.45) is 0. The highest BCUT2D eigenvalue weighted by Gasteiger charge is 2.37. The Labute approximate surface area is 185 Å². The number of rotatable bonds is 6. The number of nitriles is 1. The second-order valence-corrected chi connectivity index (χ2v) is 7.93. The van der Waals surface area contributed by atoms with Crippen LogP contribution in [0, 0.1) is 23.7 Å². The number of nitrogens with two attached hydrogens (primary N) is 2. The molecule has 0 radical (unpaired) electrons. The van der Waals surface area contributed by atoms with Gasteiger partial charge in [0.05, 0.1) is 20.1 Å². The molecule has 1 atom stereocenters. The standard InChI is InChI=1S/C23H24N4O3S/c1-13-7-9-14(10-8-13)31-12-17(25)20-19(16(11-24)22(26)30-23(20)27)15-5-4-6-18(28-2)21(15)29-3/h4-10,19,27H,12,25-26H2,1-3H3/b20-17-,27-23?. The summed E-state index contributed by atoms with van der Waals surface area (Å²) in [6, 6.07) is 15.5. The number of aryl methyl sites for hydroxylation is 1. The molecular formula is C23H24N4O3S. The summed E-state index contributed by atoms with van der Waals surface area (Å²) in [5, 5.41) is 18.2. The third-order valence-electron chi connectivity index (χ3n) is 4.93. The highest BCUT2D eigenvalue weighted by Crippen LogP contribution is 2.45. The van der Waals surface area contributed by atoms with Crippen molar-refractivity contribution in [1.29, 1.82) is 10.7 Å². The Bertz CT molecular complexity index is 1100. The van der Waals surface area contributed by atoms with Crippen LogP contribution in [-0.2, 0) is 4.74 Å². The third-order valence-corrected chi connectivity index (χ3v) is 5.99. The number of hydrogen-bond acceptors (Lipinski definition) is 8. The van der Waals surface area contributed by atoms with Gasteiger partial charge in [-0.2, -0.15) is 5.26 Å². The van der Waals surface area contributed by atoms with Crippen LogP contribution in [0.5, 0.6) is 11.5 Å². The van der Waals surface area contributed by atoms with Crippen molar-refractivity contribution in [3.8, 4) is 17.6 Å². The minimum atomic E-state index is -0.713. The van der Waals surface area contributed by atoms with Crippen molar-refractivity contribution >= 4 is 17.7 Å². The van der Waals surface area contributed by atoms with Crippen LogP contribution in [0.4, 0.5) is 0 Å². The zero-order chi connectivity index (χ0) is 22.5. The molecule has 1 heterocycles. The van der Waals surface area contributed by atoms with Crippen LogP contribution in [0.25, 0.3) is 0 Å². The number of allylic oxidation sites excluding steroid dienone is 1. The van der Waals surface area contributed by atoms with E-state index in [1.807, 2.05) is 31.2 Å². The smallest absolute Gasteiger partial charge is 0.219 e. The summed E-state index contributed by atoms with van der Waals surface area (Å²) < 4.78 is 16.4. The van der Waals surface area contributed by atoms with Gasteiger partial charge in [-0.15, -0.1) is 11.8 Å². The first kappa shape index (κ1) is 22.1. The van der Waals surface area contributed by atoms with Crippen molar-refractivity contribution in [2.75, 3.05) is 20.0 Å². The zero-order valence-corrected chi connectivity index (χ0v) is 18.4. The van der Waals surface area contributed by atoms with Gasteiger partial charge >= 0.3 is 0 Å². The van der Waals surface area contributed by atoms with Gasteiger partial charge in [-0.05, 0) is 25.1 Å². The van der Waals surface area contributed by atoms with Crippen molar-refractivity contribution < 1.29 is 14.2 Å². The van der Waals surface area contributed by atoms with Gasteiger partial charge in [0.1, 0.15) is 11.6 Å². The molecule has 1 aliphatic rings. The lowest BCUT2D eigenvalue weighted by atomic mass is 9.82. The summed E-state index contributed by atoms with van der Waals surface area (Å²) >= 11 is 1.54. The largest absolute Gasteiger partial charge is 0.493 e. The van der Waals surface area contributed by atoms with E-state index in [9.17, 15) is 5.26 Å². The van der Waals surface area contributed by atoms with Gasteiger partial charge in [0, 0.05) is 27.5 Å². The highest BCUT2D eigenvalue weighted by atomic mass is 32.2. The van der Waals surface area contributed by atoms with Gasteiger partial charge < -0.3 is 25.7 Å². The van der Waals surface area contributed by atoms with E-state index in [1.165, 1.54) is 31.5 Å². The minimum absolute atomic E-state index is 0.120. The normalized spacial score (nSPS) is 17.6. The molecule has 5 N–H and O–H groups in total. The Morgan fingerprint density at radius 1 is 1.19 bits per heavy atom. The molecule has 2 aromatic carbocycles. The van der Waals surface area contributed by atoms with Gasteiger partial charge in [0.15, 0.2) is 11.5 Å². The molecule has 1 unspecified atom stereocenters. The number of para-hydroxylation sites is 1. The van der Waals surface area contributed by atoms with Crippen LogP contribution in [0.3, 0.4) is 0 Å². The molecule has 0 saturated heterocycles. The molecule has 0 fully saturated rings. The van der Waals surface area contributed by atoms with Crippen molar-refractivity contribution in [2.24, 2.45) is 11.5 Å². The maximum atomic E-state index is 9.82. The van der Waals surface area contributed by atoms with Gasteiger partial charge in [0.2, 0.25) is 11.8 Å². The van der Waals surface area contributed by atoms with Crippen LogP contribution in [-0.4, -0.2) is 25.9 Å². The predicted octanol–water partition coefficient (Wildman–Crippen LogP) is 3.80. The third kappa shape index (κ3) is 4.47. The Hall–Kier alpha value is -3.57. The molecule has 8 heteroatoms. The van der Waals surface area contributed by atoms with Crippen LogP contribution < -0.4 is 20.9 Å². The first-order chi connectivity index (χ1) is 14.9. The number of ether oxygens (including phenoxy) is 3. The van der Waals surface area contributed by atoms with Crippen LogP contribution in [0.2, 0.25) is 0 Å². The molecule has 3 rings (SSSR count). The lowest BCUT2D eigenvalue weighted by Crippen LogP contribution is -2.29. The lowest BCUT2D eigenvalue weighted by Gasteiger charge is -2.29. The maximum Gasteiger partial charge on any atom is 0.219 e. The molecule has 31 heavy (non-hydrogen) atoms. The topological polar surface area (TPSA) is 127 Å². The fraction of sp³-hybridized carbons (Fsp3) is 0.217. The summed E-state index contributed by atoms with van der Waals surface area (Å²) in [7, 11) is 3.05. The van der Waals surface area contributed by atoms with E-state index < -0.39 is 5.92 Å². The zero-order valence-electron chi connectivity index (χ0n) is 17.6.